The quantitative estimate of drug-likeness (QED) is 0.915. The molecule has 0 bridgehead atoms. The average Bonchev–Trinajstić information content (AvgIpc) is 3.04. The zero-order valence-corrected chi connectivity index (χ0v) is 16.5. The fraction of sp³-hybridized carbons (Fsp3) is 0.700. The van der Waals surface area contributed by atoms with Gasteiger partial charge in [0.15, 0.2) is 11.9 Å². The molecule has 26 heavy (non-hydrogen) atoms. The molecule has 0 radical (unpaired) electrons. The number of aromatic nitrogens is 3. The number of rotatable bonds is 3. The summed E-state index contributed by atoms with van der Waals surface area (Å²) in [6.07, 6.45) is 7.26. The molecule has 1 unspecified atom stereocenters. The highest BCUT2D eigenvalue weighted by Crippen LogP contribution is 2.29. The van der Waals surface area contributed by atoms with Gasteiger partial charge in [-0.1, -0.05) is 0 Å². The highest BCUT2D eigenvalue weighted by Gasteiger charge is 2.37. The number of hydrogen-bond donors (Lipinski definition) is 1. The van der Waals surface area contributed by atoms with Crippen LogP contribution in [0.15, 0.2) is 18.5 Å². The van der Waals surface area contributed by atoms with Gasteiger partial charge in [0, 0.05) is 48.9 Å². The van der Waals surface area contributed by atoms with Gasteiger partial charge in [0.1, 0.15) is 0 Å². The number of hydrogen-bond acceptors (Lipinski definition) is 5. The molecule has 6 nitrogen and oxygen atoms in total. The standard InChI is InChI=1S/C20H31N5O/c1-19(2)14-24(20(3,4)13-22-19)12-15-8-9-21-18-16(15)11-23-25(18)17-7-5-6-10-26-17/h8-9,11,17,22H,5-7,10,12-14H2,1-4H3. The Hall–Kier alpha value is -1.50. The minimum atomic E-state index is 0.0264. The summed E-state index contributed by atoms with van der Waals surface area (Å²) < 4.78 is 7.90. The molecule has 0 aliphatic carbocycles. The molecule has 2 aromatic heterocycles. The van der Waals surface area contributed by atoms with E-state index in [4.69, 9.17) is 4.74 Å². The maximum Gasteiger partial charge on any atom is 0.160 e. The van der Waals surface area contributed by atoms with Crippen LogP contribution in [-0.2, 0) is 11.3 Å². The largest absolute Gasteiger partial charge is 0.356 e. The van der Waals surface area contributed by atoms with Crippen LogP contribution < -0.4 is 5.32 Å². The van der Waals surface area contributed by atoms with Crippen molar-refractivity contribution in [2.45, 2.75) is 70.8 Å². The monoisotopic (exact) mass is 357 g/mol. The third-order valence-electron chi connectivity index (χ3n) is 5.82. The topological polar surface area (TPSA) is 55.2 Å². The lowest BCUT2D eigenvalue weighted by Gasteiger charge is -2.49. The first-order valence-corrected chi connectivity index (χ1v) is 9.79. The molecule has 2 fully saturated rings. The fourth-order valence-electron chi connectivity index (χ4n) is 4.05. The van der Waals surface area contributed by atoms with E-state index < -0.39 is 0 Å². The zero-order valence-electron chi connectivity index (χ0n) is 16.5. The third-order valence-corrected chi connectivity index (χ3v) is 5.82. The van der Waals surface area contributed by atoms with Gasteiger partial charge in [-0.15, -0.1) is 0 Å². The van der Waals surface area contributed by atoms with E-state index in [-0.39, 0.29) is 17.3 Å². The normalized spacial score (nSPS) is 26.2. The predicted octanol–water partition coefficient (Wildman–Crippen LogP) is 3.09. The van der Waals surface area contributed by atoms with Crippen molar-refractivity contribution in [3.8, 4) is 0 Å². The van der Waals surface area contributed by atoms with Crippen molar-refractivity contribution < 1.29 is 4.74 Å². The Morgan fingerprint density at radius 3 is 2.88 bits per heavy atom. The van der Waals surface area contributed by atoms with Gasteiger partial charge in [-0.25, -0.2) is 9.67 Å². The molecule has 0 spiro atoms. The van der Waals surface area contributed by atoms with E-state index in [1.165, 1.54) is 12.0 Å². The number of nitrogens with zero attached hydrogens (tertiary/aromatic N) is 4. The van der Waals surface area contributed by atoms with Crippen molar-refractivity contribution in [2.75, 3.05) is 19.7 Å². The minimum absolute atomic E-state index is 0.0264. The molecule has 4 rings (SSSR count). The summed E-state index contributed by atoms with van der Waals surface area (Å²) in [6, 6.07) is 2.14. The number of ether oxygens (including phenoxy) is 1. The van der Waals surface area contributed by atoms with Gasteiger partial charge < -0.3 is 10.1 Å². The predicted molar refractivity (Wildman–Crippen MR) is 103 cm³/mol. The van der Waals surface area contributed by atoms with E-state index in [0.717, 1.165) is 50.1 Å². The van der Waals surface area contributed by atoms with Crippen LogP contribution in [-0.4, -0.2) is 50.4 Å². The van der Waals surface area contributed by atoms with Crippen LogP contribution in [0.25, 0.3) is 11.0 Å². The molecule has 0 aromatic carbocycles. The second-order valence-corrected chi connectivity index (χ2v) is 9.02. The van der Waals surface area contributed by atoms with Gasteiger partial charge in [-0.05, 0) is 58.6 Å². The number of pyridine rings is 1. The number of piperazine rings is 1. The lowest BCUT2D eigenvalue weighted by molar-refractivity contribution is -0.0370. The van der Waals surface area contributed by atoms with Gasteiger partial charge in [0.25, 0.3) is 0 Å². The first kappa shape index (κ1) is 17.9. The first-order chi connectivity index (χ1) is 12.4. The summed E-state index contributed by atoms with van der Waals surface area (Å²) in [5, 5.41) is 9.44. The molecule has 1 N–H and O–H groups in total. The molecule has 1 atom stereocenters. The van der Waals surface area contributed by atoms with Crippen LogP contribution in [0.1, 0.15) is 58.7 Å². The summed E-state index contributed by atoms with van der Waals surface area (Å²) in [7, 11) is 0. The molecule has 2 aliphatic heterocycles. The molecule has 0 saturated carbocycles. The van der Waals surface area contributed by atoms with E-state index in [9.17, 15) is 0 Å². The van der Waals surface area contributed by atoms with Crippen molar-refractivity contribution in [3.63, 3.8) is 0 Å². The third kappa shape index (κ3) is 3.38. The Labute approximate surface area is 155 Å². The fourth-order valence-corrected chi connectivity index (χ4v) is 4.05. The molecular formula is C20H31N5O. The lowest BCUT2D eigenvalue weighted by atomic mass is 9.91. The Balaban J connectivity index is 1.63. The van der Waals surface area contributed by atoms with Crippen molar-refractivity contribution in [1.82, 2.24) is 25.0 Å². The SMILES string of the molecule is CC1(C)CN(Cc2ccnc3c2cnn3C2CCCCO2)C(C)(C)CN1. The van der Waals surface area contributed by atoms with E-state index >= 15 is 0 Å². The van der Waals surface area contributed by atoms with Crippen LogP contribution in [0.3, 0.4) is 0 Å². The van der Waals surface area contributed by atoms with Gasteiger partial charge in [0.05, 0.1) is 6.20 Å². The summed E-state index contributed by atoms with van der Waals surface area (Å²) in [4.78, 5) is 7.20. The summed E-state index contributed by atoms with van der Waals surface area (Å²) >= 11 is 0. The minimum Gasteiger partial charge on any atom is -0.356 e. The number of fused-ring (bicyclic) bond motifs is 1. The Morgan fingerprint density at radius 1 is 1.27 bits per heavy atom. The number of nitrogens with one attached hydrogen (secondary N) is 1. The highest BCUT2D eigenvalue weighted by atomic mass is 16.5. The van der Waals surface area contributed by atoms with Crippen LogP contribution in [0.2, 0.25) is 0 Å². The molecule has 6 heteroatoms. The average molecular weight is 358 g/mol. The van der Waals surface area contributed by atoms with Gasteiger partial charge in [0.2, 0.25) is 0 Å². The molecular weight excluding hydrogens is 326 g/mol. The Kier molecular flexibility index (Phi) is 4.53. The highest BCUT2D eigenvalue weighted by molar-refractivity contribution is 5.78. The van der Waals surface area contributed by atoms with E-state index in [2.05, 4.69) is 54.1 Å². The molecule has 2 aromatic rings. The van der Waals surface area contributed by atoms with E-state index in [1.807, 2.05) is 17.1 Å². The van der Waals surface area contributed by atoms with Crippen molar-refractivity contribution in [2.24, 2.45) is 0 Å². The Bertz CT molecular complexity index is 776. The van der Waals surface area contributed by atoms with Crippen LogP contribution in [0.4, 0.5) is 0 Å². The second kappa shape index (κ2) is 6.59. The summed E-state index contributed by atoms with van der Waals surface area (Å²) in [5.74, 6) is 0. The zero-order chi connectivity index (χ0) is 18.4. The van der Waals surface area contributed by atoms with Crippen molar-refractivity contribution >= 4 is 11.0 Å². The molecule has 142 valence electrons. The van der Waals surface area contributed by atoms with Crippen LogP contribution in [0, 0.1) is 0 Å². The molecule has 2 aliphatic rings. The maximum atomic E-state index is 5.92. The molecule has 0 amide bonds. The van der Waals surface area contributed by atoms with Crippen molar-refractivity contribution in [3.05, 3.63) is 24.0 Å². The van der Waals surface area contributed by atoms with Crippen LogP contribution >= 0.6 is 0 Å². The lowest BCUT2D eigenvalue weighted by Crippen LogP contribution is -2.65. The maximum absolute atomic E-state index is 5.92. The van der Waals surface area contributed by atoms with Crippen molar-refractivity contribution in [1.29, 1.82) is 0 Å². The first-order valence-electron chi connectivity index (χ1n) is 9.79. The summed E-state index contributed by atoms with van der Waals surface area (Å²) in [5.41, 5.74) is 2.49. The van der Waals surface area contributed by atoms with E-state index in [0.29, 0.717) is 0 Å². The van der Waals surface area contributed by atoms with Gasteiger partial charge in [-0.3, -0.25) is 4.90 Å². The summed E-state index contributed by atoms with van der Waals surface area (Å²) in [6.45, 7) is 12.9. The molecule has 2 saturated heterocycles. The Morgan fingerprint density at radius 2 is 2.12 bits per heavy atom. The van der Waals surface area contributed by atoms with Gasteiger partial charge in [-0.2, -0.15) is 5.10 Å². The van der Waals surface area contributed by atoms with E-state index in [1.54, 1.807) is 0 Å². The molecule has 4 heterocycles. The van der Waals surface area contributed by atoms with Crippen LogP contribution in [0.5, 0.6) is 0 Å². The second-order valence-electron chi connectivity index (χ2n) is 9.02. The smallest absolute Gasteiger partial charge is 0.160 e. The van der Waals surface area contributed by atoms with Gasteiger partial charge >= 0.3 is 0 Å².